The summed E-state index contributed by atoms with van der Waals surface area (Å²) in [5.74, 6) is 0.680. The zero-order valence-electron chi connectivity index (χ0n) is 13.6. The van der Waals surface area contributed by atoms with Crippen LogP contribution in [-0.2, 0) is 4.79 Å². The second-order valence-corrected chi connectivity index (χ2v) is 6.13. The molecule has 0 radical (unpaired) electrons. The Labute approximate surface area is 149 Å². The molecular weight excluding hydrogens is 338 g/mol. The van der Waals surface area contributed by atoms with E-state index in [9.17, 15) is 9.59 Å². The van der Waals surface area contributed by atoms with Crippen molar-refractivity contribution in [1.82, 2.24) is 9.69 Å². The van der Waals surface area contributed by atoms with Crippen LogP contribution >= 0.6 is 11.5 Å². The fourth-order valence-electron chi connectivity index (χ4n) is 2.31. The number of carbonyl (C=O) groups excluding carboxylic acids is 2. The average Bonchev–Trinajstić information content (AvgIpc) is 3.02. The Hall–Kier alpha value is -2.93. The maximum Gasteiger partial charge on any atom is 0.308 e. The van der Waals surface area contributed by atoms with Crippen molar-refractivity contribution >= 4 is 39.3 Å². The zero-order valence-corrected chi connectivity index (χ0v) is 14.4. The Morgan fingerprint density at radius 2 is 1.84 bits per heavy atom. The number of ether oxygens (including phenoxy) is 1. The molecule has 0 atom stereocenters. The normalized spacial score (nSPS) is 10.4. The van der Waals surface area contributed by atoms with E-state index in [0.717, 1.165) is 15.9 Å². The van der Waals surface area contributed by atoms with Crippen molar-refractivity contribution in [3.8, 4) is 5.75 Å². The molecule has 0 fully saturated rings. The number of rotatable bonds is 6. The molecule has 2 N–H and O–H groups in total. The summed E-state index contributed by atoms with van der Waals surface area (Å²) in [5, 5.41) is 7.15. The maximum atomic E-state index is 12.1. The number of esters is 1. The third-order valence-corrected chi connectivity index (χ3v) is 4.29. The molecule has 7 heteroatoms. The Kier molecular flexibility index (Phi) is 5.25. The van der Waals surface area contributed by atoms with Crippen LogP contribution < -0.4 is 15.4 Å². The first-order chi connectivity index (χ1) is 12.1. The van der Waals surface area contributed by atoms with Gasteiger partial charge < -0.3 is 15.4 Å². The van der Waals surface area contributed by atoms with Crippen LogP contribution in [0.1, 0.15) is 17.3 Å². The van der Waals surface area contributed by atoms with Gasteiger partial charge in [0, 0.05) is 31.0 Å². The van der Waals surface area contributed by atoms with Gasteiger partial charge in [-0.05, 0) is 47.9 Å². The van der Waals surface area contributed by atoms with Gasteiger partial charge in [-0.15, -0.1) is 0 Å². The largest absolute Gasteiger partial charge is 0.427 e. The molecule has 25 heavy (non-hydrogen) atoms. The molecule has 0 aliphatic heterocycles. The molecular formula is C18H17N3O3S. The van der Waals surface area contributed by atoms with E-state index in [4.69, 9.17) is 4.74 Å². The molecule has 6 nitrogen and oxygen atoms in total. The third-order valence-electron chi connectivity index (χ3n) is 3.46. The highest BCUT2D eigenvalue weighted by Gasteiger charge is 2.07. The van der Waals surface area contributed by atoms with Crippen molar-refractivity contribution in [3.05, 3.63) is 54.1 Å². The van der Waals surface area contributed by atoms with Crippen molar-refractivity contribution in [2.45, 2.75) is 6.92 Å². The first-order valence-corrected chi connectivity index (χ1v) is 8.56. The van der Waals surface area contributed by atoms with Crippen LogP contribution in [0.2, 0.25) is 0 Å². The van der Waals surface area contributed by atoms with Crippen LogP contribution in [0.15, 0.2) is 48.5 Å². The molecule has 0 bridgehead atoms. The number of fused-ring (bicyclic) bond motifs is 1. The number of amides is 1. The molecule has 0 saturated heterocycles. The van der Waals surface area contributed by atoms with E-state index < -0.39 is 5.97 Å². The van der Waals surface area contributed by atoms with Crippen LogP contribution in [0.5, 0.6) is 5.75 Å². The molecule has 3 aromatic rings. The van der Waals surface area contributed by atoms with Gasteiger partial charge in [-0.25, -0.2) is 0 Å². The number of benzene rings is 2. The van der Waals surface area contributed by atoms with Crippen LogP contribution in [0.4, 0.5) is 5.82 Å². The molecule has 128 valence electrons. The average molecular weight is 355 g/mol. The minimum atomic E-state index is -0.391. The van der Waals surface area contributed by atoms with E-state index in [2.05, 4.69) is 15.0 Å². The van der Waals surface area contributed by atoms with E-state index in [1.807, 2.05) is 24.3 Å². The standard InChI is InChI=1S/C18H17N3O3S/c1-12(22)24-14-8-6-13(7-9-14)18(23)20-11-10-19-17-15-4-2-3-5-16(15)25-21-17/h2-9H,10-11H2,1H3,(H,19,21)(H,20,23). The Bertz CT molecular complexity index is 890. The van der Waals surface area contributed by atoms with Crippen molar-refractivity contribution in [3.63, 3.8) is 0 Å². The monoisotopic (exact) mass is 355 g/mol. The van der Waals surface area contributed by atoms with Crippen LogP contribution in [0.25, 0.3) is 10.1 Å². The van der Waals surface area contributed by atoms with E-state index in [-0.39, 0.29) is 5.91 Å². The lowest BCUT2D eigenvalue weighted by atomic mass is 10.2. The summed E-state index contributed by atoms with van der Waals surface area (Å²) in [7, 11) is 0. The zero-order chi connectivity index (χ0) is 17.6. The lowest BCUT2D eigenvalue weighted by Gasteiger charge is -2.07. The smallest absolute Gasteiger partial charge is 0.308 e. The number of hydrogen-bond acceptors (Lipinski definition) is 6. The summed E-state index contributed by atoms with van der Waals surface area (Å²) in [6.45, 7) is 2.38. The SMILES string of the molecule is CC(=O)Oc1ccc(C(=O)NCCNc2nsc3ccccc23)cc1. The predicted octanol–water partition coefficient (Wildman–Crippen LogP) is 3.06. The lowest BCUT2D eigenvalue weighted by Crippen LogP contribution is -2.28. The van der Waals surface area contributed by atoms with Gasteiger partial charge in [-0.3, -0.25) is 9.59 Å². The predicted molar refractivity (Wildman–Crippen MR) is 98.2 cm³/mol. The fraction of sp³-hybridized carbons (Fsp3) is 0.167. The summed E-state index contributed by atoms with van der Waals surface area (Å²) in [5.41, 5.74) is 0.509. The maximum absolute atomic E-state index is 12.1. The third kappa shape index (κ3) is 4.33. The Morgan fingerprint density at radius 1 is 1.08 bits per heavy atom. The second kappa shape index (κ2) is 7.76. The Balaban J connectivity index is 1.48. The van der Waals surface area contributed by atoms with E-state index in [1.165, 1.54) is 18.5 Å². The molecule has 1 amide bonds. The summed E-state index contributed by atoms with van der Waals surface area (Å²) in [6.07, 6.45) is 0. The number of carbonyl (C=O) groups is 2. The van der Waals surface area contributed by atoms with E-state index in [1.54, 1.807) is 24.3 Å². The van der Waals surface area contributed by atoms with Gasteiger partial charge in [0.2, 0.25) is 0 Å². The second-order valence-electron chi connectivity index (χ2n) is 5.33. The highest BCUT2D eigenvalue weighted by molar-refractivity contribution is 7.13. The summed E-state index contributed by atoms with van der Waals surface area (Å²) < 4.78 is 10.4. The quantitative estimate of drug-likeness (QED) is 0.403. The summed E-state index contributed by atoms with van der Waals surface area (Å²) in [4.78, 5) is 23.0. The molecule has 0 unspecified atom stereocenters. The van der Waals surface area contributed by atoms with Crippen molar-refractivity contribution < 1.29 is 14.3 Å². The highest BCUT2D eigenvalue weighted by Crippen LogP contribution is 2.25. The minimum Gasteiger partial charge on any atom is -0.427 e. The first-order valence-electron chi connectivity index (χ1n) is 7.78. The highest BCUT2D eigenvalue weighted by atomic mass is 32.1. The van der Waals surface area contributed by atoms with Gasteiger partial charge in [0.15, 0.2) is 0 Å². The fourth-order valence-corrected chi connectivity index (χ4v) is 3.07. The van der Waals surface area contributed by atoms with E-state index >= 15 is 0 Å². The summed E-state index contributed by atoms with van der Waals surface area (Å²) >= 11 is 1.44. The summed E-state index contributed by atoms with van der Waals surface area (Å²) in [6, 6.07) is 14.4. The lowest BCUT2D eigenvalue weighted by molar-refractivity contribution is -0.131. The van der Waals surface area contributed by atoms with Gasteiger partial charge in [0.05, 0.1) is 4.70 Å². The topological polar surface area (TPSA) is 80.3 Å². The number of anilines is 1. The van der Waals surface area contributed by atoms with Crippen LogP contribution in [0.3, 0.4) is 0 Å². The first kappa shape index (κ1) is 16.9. The molecule has 2 aromatic carbocycles. The van der Waals surface area contributed by atoms with Gasteiger partial charge >= 0.3 is 5.97 Å². The van der Waals surface area contributed by atoms with Crippen molar-refractivity contribution in [1.29, 1.82) is 0 Å². The van der Waals surface area contributed by atoms with Crippen LogP contribution in [-0.4, -0.2) is 29.3 Å². The molecule has 0 aliphatic rings. The van der Waals surface area contributed by atoms with Gasteiger partial charge in [0.25, 0.3) is 5.91 Å². The minimum absolute atomic E-state index is 0.181. The molecule has 0 aliphatic carbocycles. The molecule has 1 aromatic heterocycles. The van der Waals surface area contributed by atoms with Gasteiger partial charge in [-0.1, -0.05) is 12.1 Å². The number of nitrogens with zero attached hydrogens (tertiary/aromatic N) is 1. The number of hydrogen-bond donors (Lipinski definition) is 2. The Morgan fingerprint density at radius 3 is 2.60 bits per heavy atom. The molecule has 1 heterocycles. The van der Waals surface area contributed by atoms with Gasteiger partial charge in [-0.2, -0.15) is 4.37 Å². The molecule has 0 spiro atoms. The number of nitrogens with one attached hydrogen (secondary N) is 2. The van der Waals surface area contributed by atoms with Crippen LogP contribution in [0, 0.1) is 0 Å². The van der Waals surface area contributed by atoms with E-state index in [0.29, 0.717) is 24.4 Å². The molecule has 3 rings (SSSR count). The van der Waals surface area contributed by atoms with Gasteiger partial charge in [0.1, 0.15) is 11.6 Å². The number of aromatic nitrogens is 1. The van der Waals surface area contributed by atoms with Crippen molar-refractivity contribution in [2.24, 2.45) is 0 Å². The van der Waals surface area contributed by atoms with Crippen molar-refractivity contribution in [2.75, 3.05) is 18.4 Å². The molecule has 0 saturated carbocycles.